The quantitative estimate of drug-likeness (QED) is 0.427. The SMILES string of the molecule is COc1cccc(-n2nnc(C(=O)Nc3ccc(Oc4cccc(Br)c4)nc3)c2C)c1. The molecule has 0 radical (unpaired) electrons. The van der Waals surface area contributed by atoms with Crippen LogP contribution in [0.3, 0.4) is 0 Å². The number of carbonyl (C=O) groups excluding carboxylic acids is 1. The van der Waals surface area contributed by atoms with Gasteiger partial charge in [0.25, 0.3) is 5.91 Å². The molecule has 4 rings (SSSR count). The van der Waals surface area contributed by atoms with E-state index >= 15 is 0 Å². The number of hydrogen-bond acceptors (Lipinski definition) is 6. The number of aromatic nitrogens is 4. The molecular weight excluding hydrogens is 462 g/mol. The van der Waals surface area contributed by atoms with Crippen LogP contribution in [-0.2, 0) is 0 Å². The fourth-order valence-electron chi connectivity index (χ4n) is 2.88. The Hall–Kier alpha value is -3.72. The van der Waals surface area contributed by atoms with Gasteiger partial charge in [0.1, 0.15) is 11.5 Å². The van der Waals surface area contributed by atoms with E-state index in [0.29, 0.717) is 28.8 Å². The summed E-state index contributed by atoms with van der Waals surface area (Å²) >= 11 is 3.40. The van der Waals surface area contributed by atoms with Gasteiger partial charge in [0, 0.05) is 16.6 Å². The molecule has 0 aliphatic heterocycles. The van der Waals surface area contributed by atoms with Crippen molar-refractivity contribution in [2.24, 2.45) is 0 Å². The van der Waals surface area contributed by atoms with E-state index in [4.69, 9.17) is 9.47 Å². The summed E-state index contributed by atoms with van der Waals surface area (Å²) < 4.78 is 13.4. The zero-order chi connectivity index (χ0) is 21.8. The first-order valence-corrected chi connectivity index (χ1v) is 10.1. The van der Waals surface area contributed by atoms with E-state index in [1.54, 1.807) is 30.8 Å². The Morgan fingerprint density at radius 1 is 1.06 bits per heavy atom. The summed E-state index contributed by atoms with van der Waals surface area (Å²) in [5.74, 6) is 1.38. The summed E-state index contributed by atoms with van der Waals surface area (Å²) in [6.45, 7) is 1.78. The first-order chi connectivity index (χ1) is 15.0. The molecule has 0 aliphatic carbocycles. The highest BCUT2D eigenvalue weighted by molar-refractivity contribution is 9.10. The Bertz CT molecular complexity index is 1220. The standard InChI is InChI=1S/C22H18BrN5O3/c1-14-21(26-27-28(14)17-6-4-7-18(12-17)30-2)22(29)25-16-9-10-20(24-13-16)31-19-8-3-5-15(23)11-19/h3-13H,1-2H3,(H,25,29). The monoisotopic (exact) mass is 479 g/mol. The van der Waals surface area contributed by atoms with Crippen LogP contribution < -0.4 is 14.8 Å². The summed E-state index contributed by atoms with van der Waals surface area (Å²) in [5, 5.41) is 10.9. The average Bonchev–Trinajstić information content (AvgIpc) is 3.16. The van der Waals surface area contributed by atoms with Crippen molar-refractivity contribution in [3.05, 3.63) is 82.7 Å². The van der Waals surface area contributed by atoms with Crippen LogP contribution in [0, 0.1) is 6.92 Å². The van der Waals surface area contributed by atoms with Gasteiger partial charge in [0.15, 0.2) is 5.69 Å². The lowest BCUT2D eigenvalue weighted by atomic mass is 10.2. The molecule has 0 aliphatic rings. The molecule has 2 aromatic heterocycles. The van der Waals surface area contributed by atoms with E-state index in [0.717, 1.165) is 10.2 Å². The maximum absolute atomic E-state index is 12.7. The zero-order valence-corrected chi connectivity index (χ0v) is 18.3. The summed E-state index contributed by atoms with van der Waals surface area (Å²) in [4.78, 5) is 16.9. The van der Waals surface area contributed by atoms with Gasteiger partial charge in [-0.15, -0.1) is 5.10 Å². The number of carbonyl (C=O) groups is 1. The Morgan fingerprint density at radius 3 is 2.61 bits per heavy atom. The van der Waals surface area contributed by atoms with Crippen LogP contribution in [0.4, 0.5) is 5.69 Å². The van der Waals surface area contributed by atoms with Crippen molar-refractivity contribution in [3.63, 3.8) is 0 Å². The Balaban J connectivity index is 1.46. The van der Waals surface area contributed by atoms with Crippen LogP contribution >= 0.6 is 15.9 Å². The van der Waals surface area contributed by atoms with Crippen molar-refractivity contribution in [3.8, 4) is 23.1 Å². The molecule has 2 heterocycles. The number of ether oxygens (including phenoxy) is 2. The van der Waals surface area contributed by atoms with Crippen molar-refractivity contribution in [1.29, 1.82) is 0 Å². The summed E-state index contributed by atoms with van der Waals surface area (Å²) in [5.41, 5.74) is 2.09. The highest BCUT2D eigenvalue weighted by Gasteiger charge is 2.18. The third kappa shape index (κ3) is 4.72. The third-order valence-corrected chi connectivity index (χ3v) is 4.91. The van der Waals surface area contributed by atoms with Gasteiger partial charge in [-0.3, -0.25) is 4.79 Å². The van der Waals surface area contributed by atoms with Crippen molar-refractivity contribution >= 4 is 27.5 Å². The molecular formula is C22H18BrN5O3. The maximum atomic E-state index is 12.7. The molecule has 2 aromatic carbocycles. The first kappa shape index (κ1) is 20.5. The predicted octanol–water partition coefficient (Wildman–Crippen LogP) is 4.79. The van der Waals surface area contributed by atoms with Crippen molar-refractivity contribution in [2.45, 2.75) is 6.92 Å². The number of halogens is 1. The average molecular weight is 480 g/mol. The number of nitrogens with zero attached hydrogens (tertiary/aromatic N) is 4. The van der Waals surface area contributed by atoms with Gasteiger partial charge in [-0.1, -0.05) is 33.3 Å². The topological polar surface area (TPSA) is 91.2 Å². The minimum Gasteiger partial charge on any atom is -0.497 e. The lowest BCUT2D eigenvalue weighted by Gasteiger charge is -2.08. The number of methoxy groups -OCH3 is 1. The highest BCUT2D eigenvalue weighted by Crippen LogP contribution is 2.24. The third-order valence-electron chi connectivity index (χ3n) is 4.42. The molecule has 0 saturated heterocycles. The number of nitrogens with one attached hydrogen (secondary N) is 1. The van der Waals surface area contributed by atoms with Gasteiger partial charge in [0.05, 0.1) is 30.4 Å². The largest absolute Gasteiger partial charge is 0.497 e. The van der Waals surface area contributed by atoms with Gasteiger partial charge in [-0.25, -0.2) is 9.67 Å². The Morgan fingerprint density at radius 2 is 1.87 bits per heavy atom. The number of benzene rings is 2. The summed E-state index contributed by atoms with van der Waals surface area (Å²) in [6.07, 6.45) is 1.52. The van der Waals surface area contributed by atoms with E-state index in [9.17, 15) is 4.79 Å². The van der Waals surface area contributed by atoms with Crippen LogP contribution in [0.1, 0.15) is 16.2 Å². The van der Waals surface area contributed by atoms with E-state index in [1.165, 1.54) is 6.20 Å². The van der Waals surface area contributed by atoms with Gasteiger partial charge < -0.3 is 14.8 Å². The van der Waals surface area contributed by atoms with Crippen LogP contribution in [0.15, 0.2) is 71.3 Å². The predicted molar refractivity (Wildman–Crippen MR) is 119 cm³/mol. The Kier molecular flexibility index (Phi) is 5.94. The van der Waals surface area contributed by atoms with Crippen LogP contribution in [0.2, 0.25) is 0 Å². The second kappa shape index (κ2) is 8.97. The zero-order valence-electron chi connectivity index (χ0n) is 16.7. The van der Waals surface area contributed by atoms with Crippen molar-refractivity contribution in [2.75, 3.05) is 12.4 Å². The van der Waals surface area contributed by atoms with Crippen molar-refractivity contribution in [1.82, 2.24) is 20.0 Å². The lowest BCUT2D eigenvalue weighted by molar-refractivity contribution is 0.102. The molecule has 0 atom stereocenters. The van der Waals surface area contributed by atoms with Crippen LogP contribution in [-0.4, -0.2) is 33.0 Å². The molecule has 156 valence electrons. The fourth-order valence-corrected chi connectivity index (χ4v) is 3.26. The molecule has 9 heteroatoms. The molecule has 1 amide bonds. The molecule has 0 spiro atoms. The highest BCUT2D eigenvalue weighted by atomic mass is 79.9. The molecule has 1 N–H and O–H groups in total. The van der Waals surface area contributed by atoms with Crippen LogP contribution in [0.5, 0.6) is 17.4 Å². The number of hydrogen-bond donors (Lipinski definition) is 1. The lowest BCUT2D eigenvalue weighted by Crippen LogP contribution is -2.14. The number of rotatable bonds is 6. The minimum absolute atomic E-state index is 0.220. The first-order valence-electron chi connectivity index (χ1n) is 9.31. The Labute approximate surface area is 187 Å². The number of anilines is 1. The molecule has 0 unspecified atom stereocenters. The summed E-state index contributed by atoms with van der Waals surface area (Å²) in [6, 6.07) is 18.2. The maximum Gasteiger partial charge on any atom is 0.278 e. The smallest absolute Gasteiger partial charge is 0.278 e. The second-order valence-corrected chi connectivity index (χ2v) is 7.45. The molecule has 8 nitrogen and oxygen atoms in total. The van der Waals surface area contributed by atoms with Crippen molar-refractivity contribution < 1.29 is 14.3 Å². The molecule has 0 bridgehead atoms. The number of amides is 1. The summed E-state index contributed by atoms with van der Waals surface area (Å²) in [7, 11) is 1.59. The van der Waals surface area contributed by atoms with E-state index in [2.05, 4.69) is 36.5 Å². The van der Waals surface area contributed by atoms with E-state index in [1.807, 2.05) is 48.5 Å². The van der Waals surface area contributed by atoms with E-state index < -0.39 is 0 Å². The fraction of sp³-hybridized carbons (Fsp3) is 0.0909. The molecule has 31 heavy (non-hydrogen) atoms. The van der Waals surface area contributed by atoms with E-state index in [-0.39, 0.29) is 11.6 Å². The molecule has 4 aromatic rings. The van der Waals surface area contributed by atoms with Gasteiger partial charge in [-0.2, -0.15) is 0 Å². The second-order valence-electron chi connectivity index (χ2n) is 6.54. The normalized spacial score (nSPS) is 10.5. The van der Waals surface area contributed by atoms with Gasteiger partial charge in [-0.05, 0) is 43.3 Å². The molecule has 0 saturated carbocycles. The van der Waals surface area contributed by atoms with Gasteiger partial charge >= 0.3 is 0 Å². The van der Waals surface area contributed by atoms with Gasteiger partial charge in [0.2, 0.25) is 5.88 Å². The molecule has 0 fully saturated rings. The minimum atomic E-state index is -0.380. The van der Waals surface area contributed by atoms with Crippen LogP contribution in [0.25, 0.3) is 5.69 Å². The number of pyridine rings is 1.